The van der Waals surface area contributed by atoms with Crippen LogP contribution in [0.5, 0.6) is 5.75 Å². The maximum absolute atomic E-state index is 14.0. The smallest absolute Gasteiger partial charge is 0.459 e. The van der Waals surface area contributed by atoms with Gasteiger partial charge in [0.1, 0.15) is 42.5 Å². The van der Waals surface area contributed by atoms with Crippen molar-refractivity contribution in [3.05, 3.63) is 89.3 Å². The third-order valence-corrected chi connectivity index (χ3v) is 8.24. The van der Waals surface area contributed by atoms with Crippen molar-refractivity contribution in [3.8, 4) is 5.75 Å². The lowest BCUT2D eigenvalue weighted by molar-refractivity contribution is -0.146. The molecule has 0 bridgehead atoms. The minimum atomic E-state index is -4.50. The minimum Gasteiger partial charge on any atom is -0.460 e. The number of carbonyl (C=O) groups is 1. The third-order valence-electron chi connectivity index (χ3n) is 6.62. The molecule has 3 heterocycles. The highest BCUT2D eigenvalue weighted by atomic mass is 31.2. The Bertz CT molecular complexity index is 1710. The first-order valence-corrected chi connectivity index (χ1v) is 14.7. The summed E-state index contributed by atoms with van der Waals surface area (Å²) in [7, 11) is -4.50. The van der Waals surface area contributed by atoms with Gasteiger partial charge >= 0.3 is 13.7 Å². The monoisotopic (exact) mass is 625 g/mol. The Morgan fingerprint density at radius 1 is 1.20 bits per heavy atom. The number of nitrogens with one attached hydrogen (secondary N) is 1. The molecule has 18 heteroatoms. The van der Waals surface area contributed by atoms with Gasteiger partial charge in [0.2, 0.25) is 5.72 Å². The molecule has 5 rings (SSSR count). The van der Waals surface area contributed by atoms with E-state index in [-0.39, 0.29) is 29.3 Å². The summed E-state index contributed by atoms with van der Waals surface area (Å²) in [6.45, 7) is 0.465. The number of nitrogens with zero attached hydrogens (tertiary/aromatic N) is 7. The van der Waals surface area contributed by atoms with Crippen LogP contribution in [0.4, 0.5) is 5.82 Å². The summed E-state index contributed by atoms with van der Waals surface area (Å²) in [5.41, 5.74) is 14.0. The lowest BCUT2D eigenvalue weighted by Gasteiger charge is -2.29. The lowest BCUT2D eigenvalue weighted by atomic mass is 10.1. The molecule has 4 aromatic rings. The van der Waals surface area contributed by atoms with E-state index in [1.54, 1.807) is 42.5 Å². The van der Waals surface area contributed by atoms with Crippen molar-refractivity contribution < 1.29 is 38.1 Å². The van der Waals surface area contributed by atoms with E-state index in [1.807, 2.05) is 6.07 Å². The molecule has 230 valence electrons. The number of nitrogens with two attached hydrogens (primary N) is 1. The van der Waals surface area contributed by atoms with Crippen LogP contribution in [0, 0.1) is 0 Å². The van der Waals surface area contributed by atoms with Gasteiger partial charge in [0.05, 0.1) is 12.9 Å². The van der Waals surface area contributed by atoms with Gasteiger partial charge in [0.25, 0.3) is 0 Å². The van der Waals surface area contributed by atoms with Crippen molar-refractivity contribution in [2.45, 2.75) is 43.7 Å². The Morgan fingerprint density at radius 3 is 2.61 bits per heavy atom. The average molecular weight is 626 g/mol. The molecule has 44 heavy (non-hydrogen) atoms. The Hall–Kier alpha value is -4.60. The van der Waals surface area contributed by atoms with Gasteiger partial charge in [-0.2, -0.15) is 5.09 Å². The Morgan fingerprint density at radius 2 is 1.91 bits per heavy atom. The zero-order valence-electron chi connectivity index (χ0n) is 23.2. The molecule has 0 radical (unpaired) electrons. The number of hydrogen-bond acceptors (Lipinski definition) is 13. The van der Waals surface area contributed by atoms with Gasteiger partial charge in [-0.15, -0.1) is 0 Å². The zero-order valence-corrected chi connectivity index (χ0v) is 24.0. The van der Waals surface area contributed by atoms with E-state index in [9.17, 15) is 25.1 Å². The van der Waals surface area contributed by atoms with Crippen LogP contribution in [0.2, 0.25) is 0 Å². The number of fused-ring (bicyclic) bond motifs is 1. The van der Waals surface area contributed by atoms with Gasteiger partial charge in [-0.3, -0.25) is 13.9 Å². The van der Waals surface area contributed by atoms with Gasteiger partial charge in [0.15, 0.2) is 17.7 Å². The van der Waals surface area contributed by atoms with E-state index in [1.165, 1.54) is 36.3 Å². The number of carbonyl (C=O) groups excluding carboxylic acids is 1. The van der Waals surface area contributed by atoms with Crippen molar-refractivity contribution in [3.63, 3.8) is 0 Å². The first kappa shape index (κ1) is 30.8. The SMILES string of the molecule is C[C@@H](NP(=O)(OCC1(N=[N+]=[N-])O[C@@H](n2cnc3c(N)ncnc32)[C@H](O)[C@@H]1O)Oc1ccccc1)C(=O)OCc1ccccc1. The fourth-order valence-electron chi connectivity index (χ4n) is 4.39. The number of aliphatic hydroxyl groups is 2. The van der Waals surface area contributed by atoms with Crippen LogP contribution in [0.1, 0.15) is 18.7 Å². The maximum Gasteiger partial charge on any atom is 0.459 e. The Labute approximate surface area is 249 Å². The fourth-order valence-corrected chi connectivity index (χ4v) is 5.90. The topological polar surface area (TPSA) is 242 Å². The molecule has 0 amide bonds. The van der Waals surface area contributed by atoms with Crippen LogP contribution in [0.3, 0.4) is 0 Å². The molecule has 2 unspecified atom stereocenters. The second-order valence-electron chi connectivity index (χ2n) is 9.68. The average Bonchev–Trinajstić information content (AvgIpc) is 3.56. The number of esters is 1. The molecular formula is C26H28N9O8P. The van der Waals surface area contributed by atoms with E-state index in [0.717, 1.165) is 5.56 Å². The molecule has 1 fully saturated rings. The van der Waals surface area contributed by atoms with Crippen molar-refractivity contribution >= 4 is 30.7 Å². The van der Waals surface area contributed by atoms with Crippen LogP contribution in [0.15, 0.2) is 78.4 Å². The number of aromatic nitrogens is 4. The van der Waals surface area contributed by atoms with E-state index in [2.05, 4.69) is 30.1 Å². The molecule has 0 spiro atoms. The van der Waals surface area contributed by atoms with Crippen molar-refractivity contribution in [2.24, 2.45) is 5.11 Å². The molecule has 0 aliphatic carbocycles. The molecule has 2 aromatic carbocycles. The highest BCUT2D eigenvalue weighted by Crippen LogP contribution is 2.48. The molecule has 1 aliphatic rings. The van der Waals surface area contributed by atoms with E-state index in [4.69, 9.17) is 24.3 Å². The molecule has 0 saturated carbocycles. The molecule has 2 aromatic heterocycles. The van der Waals surface area contributed by atoms with Crippen LogP contribution >= 0.6 is 7.75 Å². The van der Waals surface area contributed by atoms with Crippen molar-refractivity contribution in [2.75, 3.05) is 12.3 Å². The summed E-state index contributed by atoms with van der Waals surface area (Å²) in [5.74, 6) is -0.591. The lowest BCUT2D eigenvalue weighted by Crippen LogP contribution is -2.45. The van der Waals surface area contributed by atoms with E-state index < -0.39 is 50.5 Å². The Balaban J connectivity index is 1.37. The van der Waals surface area contributed by atoms with Crippen molar-refractivity contribution in [1.29, 1.82) is 0 Å². The van der Waals surface area contributed by atoms with Crippen LogP contribution < -0.4 is 15.3 Å². The van der Waals surface area contributed by atoms with E-state index in [0.29, 0.717) is 0 Å². The summed E-state index contributed by atoms with van der Waals surface area (Å²) in [6.07, 6.45) is -2.57. The standard InChI is InChI=1S/C26H28N9O8P/c1-16(25(38)40-12-17-8-4-2-5-9-17)32-44(39,43-18-10-6-3-7-11-18)41-13-26(33-34-28)21(37)20(36)24(42-26)35-15-31-19-22(27)29-14-30-23(19)35/h2-11,14-16,20-21,24,36-37H,12-13H2,1H3,(H,32,39)(H2,27,29,30)/t16-,20-,21+,24-,26?,44?/m1/s1. The number of imidazole rings is 1. The second-order valence-corrected chi connectivity index (χ2v) is 11.4. The van der Waals surface area contributed by atoms with Crippen LogP contribution in [-0.4, -0.2) is 66.3 Å². The molecule has 1 aliphatic heterocycles. The second kappa shape index (κ2) is 13.0. The number of para-hydroxylation sites is 1. The number of aliphatic hydroxyl groups excluding tert-OH is 2. The summed E-state index contributed by atoms with van der Waals surface area (Å²) >= 11 is 0. The highest BCUT2D eigenvalue weighted by Gasteiger charge is 2.56. The summed E-state index contributed by atoms with van der Waals surface area (Å²) < 4.78 is 37.8. The predicted molar refractivity (Wildman–Crippen MR) is 153 cm³/mol. The summed E-state index contributed by atoms with van der Waals surface area (Å²) in [5, 5.41) is 28.1. The first-order chi connectivity index (χ1) is 21.1. The van der Waals surface area contributed by atoms with Crippen molar-refractivity contribution in [1.82, 2.24) is 24.6 Å². The number of nitrogen functional groups attached to an aromatic ring is 1. The normalized spacial score (nSPS) is 23.4. The number of benzene rings is 2. The van der Waals surface area contributed by atoms with Gasteiger partial charge < -0.3 is 29.9 Å². The zero-order chi connectivity index (χ0) is 31.3. The first-order valence-electron chi connectivity index (χ1n) is 13.2. The molecular weight excluding hydrogens is 597 g/mol. The number of azide groups is 1. The maximum atomic E-state index is 14.0. The van der Waals surface area contributed by atoms with Gasteiger partial charge in [-0.05, 0) is 30.2 Å². The fraction of sp³-hybridized carbons (Fsp3) is 0.308. The molecule has 17 nitrogen and oxygen atoms in total. The summed E-state index contributed by atoms with van der Waals surface area (Å²) in [6, 6.07) is 15.7. The Kier molecular flexibility index (Phi) is 9.08. The highest BCUT2D eigenvalue weighted by molar-refractivity contribution is 7.52. The van der Waals surface area contributed by atoms with Crippen LogP contribution in [-0.2, 0) is 30.0 Å². The molecule has 6 atom stereocenters. The molecule has 1 saturated heterocycles. The number of anilines is 1. The number of rotatable bonds is 12. The van der Waals surface area contributed by atoms with Gasteiger partial charge in [0, 0.05) is 4.91 Å². The predicted octanol–water partition coefficient (Wildman–Crippen LogP) is 2.59. The number of hydrogen-bond donors (Lipinski definition) is 4. The van der Waals surface area contributed by atoms with E-state index >= 15 is 0 Å². The minimum absolute atomic E-state index is 0.0325. The summed E-state index contributed by atoms with van der Waals surface area (Å²) in [4.78, 5) is 27.6. The quantitative estimate of drug-likeness (QED) is 0.0582. The van der Waals surface area contributed by atoms with Gasteiger partial charge in [-0.1, -0.05) is 53.6 Å². The number of ether oxygens (including phenoxy) is 2. The van der Waals surface area contributed by atoms with Gasteiger partial charge in [-0.25, -0.2) is 19.5 Å². The third kappa shape index (κ3) is 6.49. The largest absolute Gasteiger partial charge is 0.460 e. The molecule has 5 N–H and O–H groups in total. The van der Waals surface area contributed by atoms with Crippen LogP contribution in [0.25, 0.3) is 21.6 Å².